The van der Waals surface area contributed by atoms with Crippen LogP contribution in [0.25, 0.3) is 0 Å². The molecular weight excluding hydrogens is 261 g/mol. The summed E-state index contributed by atoms with van der Waals surface area (Å²) in [6.07, 6.45) is 2.11. The van der Waals surface area contributed by atoms with E-state index >= 15 is 0 Å². The number of thioether (sulfide) groups is 1. The van der Waals surface area contributed by atoms with Crippen LogP contribution in [0.2, 0.25) is 10.0 Å². The molecule has 4 heteroatoms. The van der Waals surface area contributed by atoms with Crippen molar-refractivity contribution in [2.24, 2.45) is 0 Å². The van der Waals surface area contributed by atoms with Crippen LogP contribution in [-0.4, -0.2) is 18.1 Å². The summed E-state index contributed by atoms with van der Waals surface area (Å²) in [7, 11) is 0. The van der Waals surface area contributed by atoms with E-state index in [1.807, 2.05) is 30.0 Å². The first-order valence-electron chi connectivity index (χ1n) is 5.25. The van der Waals surface area contributed by atoms with E-state index in [2.05, 4.69) is 25.4 Å². The summed E-state index contributed by atoms with van der Waals surface area (Å²) in [6.45, 7) is 5.26. The summed E-state index contributed by atoms with van der Waals surface area (Å²) >= 11 is 13.9. The van der Waals surface area contributed by atoms with Crippen molar-refractivity contribution in [2.45, 2.75) is 25.1 Å². The minimum absolute atomic E-state index is 0.223. The van der Waals surface area contributed by atoms with Crippen molar-refractivity contribution in [1.29, 1.82) is 0 Å². The number of hydrogen-bond acceptors (Lipinski definition) is 2. The van der Waals surface area contributed by atoms with Gasteiger partial charge in [0.1, 0.15) is 0 Å². The summed E-state index contributed by atoms with van der Waals surface area (Å²) in [6, 6.07) is 5.80. The maximum Gasteiger partial charge on any atom is 0.0454 e. The van der Waals surface area contributed by atoms with Gasteiger partial charge < -0.3 is 5.32 Å². The molecule has 1 aromatic carbocycles. The zero-order valence-electron chi connectivity index (χ0n) is 9.76. The zero-order chi connectivity index (χ0) is 12.1. The fourth-order valence-corrected chi connectivity index (χ4v) is 2.11. The van der Waals surface area contributed by atoms with Gasteiger partial charge in [0.25, 0.3) is 0 Å². The van der Waals surface area contributed by atoms with E-state index in [0.29, 0.717) is 5.25 Å². The highest BCUT2D eigenvalue weighted by Crippen LogP contribution is 2.26. The Morgan fingerprint density at radius 1 is 1.31 bits per heavy atom. The van der Waals surface area contributed by atoms with E-state index in [-0.39, 0.29) is 6.04 Å². The summed E-state index contributed by atoms with van der Waals surface area (Å²) < 4.78 is 0. The van der Waals surface area contributed by atoms with Crippen molar-refractivity contribution < 1.29 is 0 Å². The number of benzene rings is 1. The number of halogens is 2. The van der Waals surface area contributed by atoms with Gasteiger partial charge in [0.15, 0.2) is 0 Å². The van der Waals surface area contributed by atoms with Gasteiger partial charge in [-0.2, -0.15) is 11.8 Å². The van der Waals surface area contributed by atoms with Crippen LogP contribution in [-0.2, 0) is 0 Å². The Labute approximate surface area is 112 Å². The van der Waals surface area contributed by atoms with Gasteiger partial charge >= 0.3 is 0 Å². The van der Waals surface area contributed by atoms with Gasteiger partial charge in [-0.05, 0) is 36.9 Å². The maximum absolute atomic E-state index is 6.14. The van der Waals surface area contributed by atoms with Crippen LogP contribution in [0.5, 0.6) is 0 Å². The molecule has 1 aromatic rings. The third-order valence-electron chi connectivity index (χ3n) is 2.54. The van der Waals surface area contributed by atoms with Gasteiger partial charge in [0.05, 0.1) is 0 Å². The molecule has 2 atom stereocenters. The monoisotopic (exact) mass is 277 g/mol. The maximum atomic E-state index is 6.14. The van der Waals surface area contributed by atoms with Gasteiger partial charge in [-0.3, -0.25) is 0 Å². The van der Waals surface area contributed by atoms with E-state index in [1.54, 1.807) is 0 Å². The smallest absolute Gasteiger partial charge is 0.0454 e. The lowest BCUT2D eigenvalue weighted by Crippen LogP contribution is -2.25. The fourth-order valence-electron chi connectivity index (χ4n) is 1.38. The second-order valence-corrected chi connectivity index (χ2v) is 5.96. The molecular formula is C12H17Cl2NS. The Balaban J connectivity index is 2.65. The average Bonchev–Trinajstić information content (AvgIpc) is 2.28. The van der Waals surface area contributed by atoms with Gasteiger partial charge in [-0.15, -0.1) is 0 Å². The minimum atomic E-state index is 0.223. The predicted molar refractivity (Wildman–Crippen MR) is 75.9 cm³/mol. The summed E-state index contributed by atoms with van der Waals surface area (Å²) in [5.41, 5.74) is 1.06. The molecule has 0 bridgehead atoms. The molecule has 0 aromatic heterocycles. The molecule has 0 heterocycles. The molecule has 2 unspecified atom stereocenters. The van der Waals surface area contributed by atoms with E-state index in [1.165, 1.54) is 0 Å². The fraction of sp³-hybridized carbons (Fsp3) is 0.500. The Kier molecular flexibility index (Phi) is 5.98. The van der Waals surface area contributed by atoms with Crippen molar-refractivity contribution in [3.05, 3.63) is 33.8 Å². The van der Waals surface area contributed by atoms with Crippen LogP contribution >= 0.6 is 35.0 Å². The number of hydrogen-bond donors (Lipinski definition) is 1. The standard InChI is InChI=1S/C12H17Cl2NS/c1-8(16-3)7-15-9(2)11-6-10(13)4-5-12(11)14/h4-6,8-9,15H,7H2,1-3H3. The van der Waals surface area contributed by atoms with Crippen molar-refractivity contribution in [2.75, 3.05) is 12.8 Å². The van der Waals surface area contributed by atoms with E-state index in [4.69, 9.17) is 23.2 Å². The molecule has 1 N–H and O–H groups in total. The van der Waals surface area contributed by atoms with E-state index in [9.17, 15) is 0 Å². The van der Waals surface area contributed by atoms with Gasteiger partial charge in [-0.25, -0.2) is 0 Å². The summed E-state index contributed by atoms with van der Waals surface area (Å²) in [4.78, 5) is 0. The van der Waals surface area contributed by atoms with Gasteiger partial charge in [0.2, 0.25) is 0 Å². The van der Waals surface area contributed by atoms with Crippen LogP contribution in [0.15, 0.2) is 18.2 Å². The lowest BCUT2D eigenvalue weighted by atomic mass is 10.1. The average molecular weight is 278 g/mol. The van der Waals surface area contributed by atoms with Crippen LogP contribution in [0.1, 0.15) is 25.5 Å². The van der Waals surface area contributed by atoms with Gasteiger partial charge in [0, 0.05) is 27.9 Å². The van der Waals surface area contributed by atoms with E-state index < -0.39 is 0 Å². The SMILES string of the molecule is CSC(C)CNC(C)c1cc(Cl)ccc1Cl. The molecule has 90 valence electrons. The predicted octanol–water partition coefficient (Wildman–Crippen LogP) is 4.40. The molecule has 0 aliphatic carbocycles. The van der Waals surface area contributed by atoms with E-state index in [0.717, 1.165) is 22.2 Å². The van der Waals surface area contributed by atoms with Crippen molar-refractivity contribution >= 4 is 35.0 Å². The molecule has 0 spiro atoms. The van der Waals surface area contributed by atoms with Crippen molar-refractivity contribution in [3.63, 3.8) is 0 Å². The number of nitrogens with one attached hydrogen (secondary N) is 1. The molecule has 0 aliphatic rings. The largest absolute Gasteiger partial charge is 0.309 e. The highest BCUT2D eigenvalue weighted by molar-refractivity contribution is 7.99. The van der Waals surface area contributed by atoms with Crippen molar-refractivity contribution in [3.8, 4) is 0 Å². The molecule has 1 nitrogen and oxygen atoms in total. The molecule has 0 fully saturated rings. The lowest BCUT2D eigenvalue weighted by Gasteiger charge is -2.18. The van der Waals surface area contributed by atoms with Crippen LogP contribution in [0.3, 0.4) is 0 Å². The minimum Gasteiger partial charge on any atom is -0.309 e. The first kappa shape index (κ1) is 14.2. The third kappa shape index (κ3) is 4.17. The summed E-state index contributed by atoms with van der Waals surface area (Å²) in [5, 5.41) is 5.54. The Morgan fingerprint density at radius 3 is 2.62 bits per heavy atom. The molecule has 0 radical (unpaired) electrons. The molecule has 0 amide bonds. The first-order valence-corrected chi connectivity index (χ1v) is 7.30. The molecule has 0 saturated heterocycles. The van der Waals surface area contributed by atoms with Crippen molar-refractivity contribution in [1.82, 2.24) is 5.32 Å². The highest BCUT2D eigenvalue weighted by Gasteiger charge is 2.10. The normalized spacial score (nSPS) is 14.8. The van der Waals surface area contributed by atoms with Crippen LogP contribution < -0.4 is 5.32 Å². The topological polar surface area (TPSA) is 12.0 Å². The van der Waals surface area contributed by atoms with Gasteiger partial charge in [-0.1, -0.05) is 30.1 Å². The lowest BCUT2D eigenvalue weighted by molar-refractivity contribution is 0.576. The Morgan fingerprint density at radius 2 is 2.00 bits per heavy atom. The molecule has 0 aliphatic heterocycles. The highest BCUT2D eigenvalue weighted by atomic mass is 35.5. The van der Waals surface area contributed by atoms with Crippen LogP contribution in [0, 0.1) is 0 Å². The molecule has 0 saturated carbocycles. The summed E-state index contributed by atoms with van der Waals surface area (Å²) in [5.74, 6) is 0. The Hall–Kier alpha value is 0.110. The third-order valence-corrected chi connectivity index (χ3v) is 4.09. The van der Waals surface area contributed by atoms with Crippen LogP contribution in [0.4, 0.5) is 0 Å². The quantitative estimate of drug-likeness (QED) is 0.857. The second kappa shape index (κ2) is 6.75. The molecule has 1 rings (SSSR count). The molecule has 16 heavy (non-hydrogen) atoms. The number of rotatable bonds is 5. The first-order chi connectivity index (χ1) is 7.54. The Bertz CT molecular complexity index is 344. The zero-order valence-corrected chi connectivity index (χ0v) is 12.1. The second-order valence-electron chi connectivity index (χ2n) is 3.84.